The number of amides is 3. The molecule has 2 atom stereocenters. The monoisotopic (exact) mass is 527 g/mol. The van der Waals surface area contributed by atoms with Crippen LogP contribution in [0.5, 0.6) is 5.75 Å². The molecule has 4 N–H and O–H groups in total. The fourth-order valence-electron chi connectivity index (χ4n) is 3.30. The number of carbonyl (C=O) groups is 4. The number of methoxy groups -OCH3 is 1. The molecule has 36 heavy (non-hydrogen) atoms. The molecule has 3 amide bonds. The highest BCUT2D eigenvalue weighted by atomic mass is 32.2. The fraction of sp³-hybridized carbons (Fsp3) is 0.583. The van der Waals surface area contributed by atoms with Gasteiger partial charge in [0.05, 0.1) is 13.7 Å². The number of aryl methyl sites for hydroxylation is 1. The van der Waals surface area contributed by atoms with Gasteiger partial charge in [-0.25, -0.2) is 4.79 Å². The number of hydrogen-bond donors (Lipinski definition) is 4. The van der Waals surface area contributed by atoms with E-state index < -0.39 is 54.7 Å². The molecule has 0 aromatic heterocycles. The van der Waals surface area contributed by atoms with Gasteiger partial charge >= 0.3 is 12.1 Å². The minimum absolute atomic E-state index is 0.0973. The van der Waals surface area contributed by atoms with Gasteiger partial charge in [0.1, 0.15) is 30.0 Å². The molecule has 0 spiro atoms. The van der Waals surface area contributed by atoms with E-state index in [1.54, 1.807) is 39.8 Å². The highest BCUT2D eigenvalue weighted by Gasteiger charge is 2.37. The van der Waals surface area contributed by atoms with Crippen molar-refractivity contribution in [3.8, 4) is 5.75 Å². The number of aliphatic hydroxyl groups is 1. The van der Waals surface area contributed by atoms with E-state index in [0.29, 0.717) is 11.3 Å². The Hall–Kier alpha value is -2.99. The van der Waals surface area contributed by atoms with Crippen molar-refractivity contribution in [1.82, 2.24) is 15.5 Å². The van der Waals surface area contributed by atoms with Crippen molar-refractivity contribution in [3.05, 3.63) is 29.3 Å². The largest absolute Gasteiger partial charge is 0.507 e. The van der Waals surface area contributed by atoms with Crippen molar-refractivity contribution in [2.45, 2.75) is 51.8 Å². The first-order chi connectivity index (χ1) is 16.9. The van der Waals surface area contributed by atoms with Crippen molar-refractivity contribution in [3.63, 3.8) is 0 Å². The van der Waals surface area contributed by atoms with Crippen molar-refractivity contribution in [1.29, 1.82) is 0 Å². The normalized spacial score (nSPS) is 12.8. The summed E-state index contributed by atoms with van der Waals surface area (Å²) in [6.07, 6.45) is 1.25. The van der Waals surface area contributed by atoms with Crippen LogP contribution in [0.2, 0.25) is 0 Å². The maximum Gasteiger partial charge on any atom is 0.408 e. The Morgan fingerprint density at radius 2 is 1.86 bits per heavy atom. The number of para-hydroxylation sites is 1. The SMILES string of the molecule is COC(=O)CNC(=O)C(c1cccc(C)c1O)N(CCO)C(=O)C(CCSC)NC(=O)OC(C)(C)C. The summed E-state index contributed by atoms with van der Waals surface area (Å²) < 4.78 is 9.86. The van der Waals surface area contributed by atoms with Gasteiger partial charge in [-0.05, 0) is 51.7 Å². The summed E-state index contributed by atoms with van der Waals surface area (Å²) in [5, 5.41) is 25.5. The lowest BCUT2D eigenvalue weighted by Gasteiger charge is -2.34. The second kappa shape index (κ2) is 14.5. The third-order valence-electron chi connectivity index (χ3n) is 4.98. The summed E-state index contributed by atoms with van der Waals surface area (Å²) in [4.78, 5) is 52.2. The highest BCUT2D eigenvalue weighted by molar-refractivity contribution is 7.98. The summed E-state index contributed by atoms with van der Waals surface area (Å²) >= 11 is 1.46. The van der Waals surface area contributed by atoms with Crippen LogP contribution in [0.4, 0.5) is 4.79 Å². The molecule has 0 heterocycles. The molecule has 11 nitrogen and oxygen atoms in total. The number of phenolic OH excluding ortho intramolecular Hbond substituents is 1. The lowest BCUT2D eigenvalue weighted by Crippen LogP contribution is -2.54. The van der Waals surface area contributed by atoms with Crippen LogP contribution < -0.4 is 10.6 Å². The van der Waals surface area contributed by atoms with E-state index >= 15 is 0 Å². The molecule has 1 aromatic rings. The Labute approximate surface area is 215 Å². The van der Waals surface area contributed by atoms with Crippen molar-refractivity contribution in [2.24, 2.45) is 0 Å². The van der Waals surface area contributed by atoms with Crippen LogP contribution in [-0.4, -0.2) is 89.4 Å². The summed E-state index contributed by atoms with van der Waals surface area (Å²) in [5.41, 5.74) is -0.244. The third kappa shape index (κ3) is 9.57. The van der Waals surface area contributed by atoms with E-state index in [-0.39, 0.29) is 24.3 Å². The van der Waals surface area contributed by atoms with Crippen LogP contribution in [0.25, 0.3) is 0 Å². The molecule has 1 aromatic carbocycles. The van der Waals surface area contributed by atoms with Crippen LogP contribution >= 0.6 is 11.8 Å². The third-order valence-corrected chi connectivity index (χ3v) is 5.63. The van der Waals surface area contributed by atoms with Gasteiger partial charge in [0, 0.05) is 12.1 Å². The number of hydrogen-bond acceptors (Lipinski definition) is 9. The Bertz CT molecular complexity index is 919. The number of nitrogens with one attached hydrogen (secondary N) is 2. The second-order valence-corrected chi connectivity index (χ2v) is 9.93. The molecule has 0 radical (unpaired) electrons. The number of nitrogens with zero attached hydrogens (tertiary/aromatic N) is 1. The lowest BCUT2D eigenvalue weighted by atomic mass is 9.99. The van der Waals surface area contributed by atoms with Gasteiger partial charge in [0.15, 0.2) is 0 Å². The van der Waals surface area contributed by atoms with Crippen molar-refractivity contribution >= 4 is 35.6 Å². The minimum atomic E-state index is -1.41. The number of thioether (sulfide) groups is 1. The molecule has 0 aliphatic carbocycles. The van der Waals surface area contributed by atoms with E-state index in [0.717, 1.165) is 4.90 Å². The summed E-state index contributed by atoms with van der Waals surface area (Å²) in [7, 11) is 1.17. The molecule has 1 rings (SSSR count). The number of esters is 1. The van der Waals surface area contributed by atoms with Gasteiger partial charge in [0.25, 0.3) is 0 Å². The zero-order valence-corrected chi connectivity index (χ0v) is 22.4. The van der Waals surface area contributed by atoms with Crippen molar-refractivity contribution in [2.75, 3.05) is 38.8 Å². The topological polar surface area (TPSA) is 154 Å². The van der Waals surface area contributed by atoms with Gasteiger partial charge in [-0.1, -0.05) is 18.2 Å². The van der Waals surface area contributed by atoms with Crippen LogP contribution in [0, 0.1) is 6.92 Å². The van der Waals surface area contributed by atoms with Gasteiger partial charge in [-0.2, -0.15) is 11.8 Å². The van der Waals surface area contributed by atoms with Gasteiger partial charge in [-0.3, -0.25) is 14.4 Å². The molecule has 202 valence electrons. The smallest absolute Gasteiger partial charge is 0.408 e. The molecule has 0 saturated carbocycles. The van der Waals surface area contributed by atoms with Gasteiger partial charge in [-0.15, -0.1) is 0 Å². The van der Waals surface area contributed by atoms with E-state index in [4.69, 9.17) is 4.74 Å². The maximum absolute atomic E-state index is 13.7. The van der Waals surface area contributed by atoms with Crippen molar-refractivity contribution < 1.29 is 38.9 Å². The van der Waals surface area contributed by atoms with Crippen LogP contribution in [0.3, 0.4) is 0 Å². The standard InChI is InChI=1S/C24H37N3O8S/c1-15-8-7-9-16(20(15)30)19(21(31)25-14-18(29)34-5)27(11-12-28)22(32)17(10-13-36-6)26-23(33)35-24(2,3)4/h7-9,17,19,28,30H,10-14H2,1-6H3,(H,25,31)(H,26,33). The van der Waals surface area contributed by atoms with E-state index in [1.165, 1.54) is 24.9 Å². The zero-order valence-electron chi connectivity index (χ0n) is 21.6. The number of ether oxygens (including phenoxy) is 2. The Morgan fingerprint density at radius 1 is 1.19 bits per heavy atom. The first-order valence-electron chi connectivity index (χ1n) is 11.4. The molecule has 0 bridgehead atoms. The lowest BCUT2D eigenvalue weighted by molar-refractivity contribution is -0.145. The molecular formula is C24H37N3O8S. The second-order valence-electron chi connectivity index (χ2n) is 8.94. The maximum atomic E-state index is 13.7. The van der Waals surface area contributed by atoms with E-state index in [9.17, 15) is 29.4 Å². The Kier molecular flexibility index (Phi) is 12.5. The Morgan fingerprint density at radius 3 is 2.42 bits per heavy atom. The summed E-state index contributed by atoms with van der Waals surface area (Å²) in [5.74, 6) is -1.85. The number of aliphatic hydroxyl groups excluding tert-OH is 1. The Balaban J connectivity index is 3.47. The molecule has 0 saturated heterocycles. The molecule has 0 fully saturated rings. The number of aromatic hydroxyl groups is 1. The quantitative estimate of drug-likeness (QED) is 0.296. The predicted molar refractivity (Wildman–Crippen MR) is 136 cm³/mol. The fourth-order valence-corrected chi connectivity index (χ4v) is 3.77. The number of alkyl carbamates (subject to hydrolysis) is 1. The predicted octanol–water partition coefficient (Wildman–Crippen LogP) is 1.50. The number of phenols is 1. The average molecular weight is 528 g/mol. The molecule has 2 unspecified atom stereocenters. The average Bonchev–Trinajstić information content (AvgIpc) is 2.80. The number of benzene rings is 1. The van der Waals surface area contributed by atoms with E-state index in [2.05, 4.69) is 15.4 Å². The number of carbonyl (C=O) groups excluding carboxylic acids is 4. The minimum Gasteiger partial charge on any atom is -0.507 e. The molecule has 0 aliphatic rings. The molecule has 0 aliphatic heterocycles. The molecule has 12 heteroatoms. The first-order valence-corrected chi connectivity index (χ1v) is 12.8. The van der Waals surface area contributed by atoms with Crippen LogP contribution in [0.1, 0.15) is 44.4 Å². The number of rotatable bonds is 12. The van der Waals surface area contributed by atoms with E-state index in [1.807, 2.05) is 6.26 Å². The van der Waals surface area contributed by atoms with Crippen LogP contribution in [-0.2, 0) is 23.9 Å². The summed E-state index contributed by atoms with van der Waals surface area (Å²) in [6, 6.07) is 2.22. The highest BCUT2D eigenvalue weighted by Crippen LogP contribution is 2.32. The molecular weight excluding hydrogens is 490 g/mol. The van der Waals surface area contributed by atoms with Crippen LogP contribution in [0.15, 0.2) is 18.2 Å². The summed E-state index contributed by atoms with van der Waals surface area (Å²) in [6.45, 7) is 5.44. The zero-order chi connectivity index (χ0) is 27.5. The first kappa shape index (κ1) is 31.0. The van der Waals surface area contributed by atoms with Gasteiger partial charge in [0.2, 0.25) is 11.8 Å². The van der Waals surface area contributed by atoms with Gasteiger partial charge < -0.3 is 35.2 Å².